The summed E-state index contributed by atoms with van der Waals surface area (Å²) < 4.78 is 26.7. The summed E-state index contributed by atoms with van der Waals surface area (Å²) in [4.78, 5) is 12.7. The van der Waals surface area contributed by atoms with Gasteiger partial charge in [0.1, 0.15) is 0 Å². The first-order chi connectivity index (χ1) is 11.8. The minimum Gasteiger partial charge on any atom is -0.397 e. The second-order valence-corrected chi connectivity index (χ2v) is 7.55. The molecule has 0 heterocycles. The Labute approximate surface area is 148 Å². The topological polar surface area (TPSA) is 92.5 Å². The average molecular weight is 361 g/mol. The largest absolute Gasteiger partial charge is 0.397 e. The minimum atomic E-state index is -3.63. The molecular weight excluding hydrogens is 338 g/mol. The van der Waals surface area contributed by atoms with Gasteiger partial charge in [0.15, 0.2) is 0 Å². The van der Waals surface area contributed by atoms with E-state index in [1.54, 1.807) is 51.1 Å². The smallest absolute Gasteiger partial charge is 0.256 e. The van der Waals surface area contributed by atoms with E-state index >= 15 is 0 Å². The highest BCUT2D eigenvalue weighted by molar-refractivity contribution is 7.89. The van der Waals surface area contributed by atoms with Crippen molar-refractivity contribution in [2.75, 3.05) is 24.1 Å². The Morgan fingerprint density at radius 1 is 1.12 bits per heavy atom. The van der Waals surface area contributed by atoms with Crippen LogP contribution in [-0.2, 0) is 10.0 Å². The van der Waals surface area contributed by atoms with E-state index in [2.05, 4.69) is 5.32 Å². The van der Waals surface area contributed by atoms with Crippen molar-refractivity contribution >= 4 is 27.3 Å². The van der Waals surface area contributed by atoms with Crippen LogP contribution in [0.1, 0.15) is 29.8 Å². The summed E-state index contributed by atoms with van der Waals surface area (Å²) in [6.45, 7) is 6.06. The van der Waals surface area contributed by atoms with Gasteiger partial charge < -0.3 is 11.1 Å². The van der Waals surface area contributed by atoms with Crippen LogP contribution in [-0.4, -0.2) is 31.7 Å². The van der Waals surface area contributed by atoms with Crippen LogP contribution in [0.15, 0.2) is 47.4 Å². The number of hydrogen-bond acceptors (Lipinski definition) is 4. The van der Waals surface area contributed by atoms with Crippen LogP contribution >= 0.6 is 0 Å². The van der Waals surface area contributed by atoms with Gasteiger partial charge in [0.05, 0.1) is 16.3 Å². The van der Waals surface area contributed by atoms with Crippen molar-refractivity contribution in [3.63, 3.8) is 0 Å². The van der Waals surface area contributed by atoms with Gasteiger partial charge in [-0.25, -0.2) is 8.42 Å². The fourth-order valence-corrected chi connectivity index (χ4v) is 4.00. The van der Waals surface area contributed by atoms with Crippen molar-refractivity contribution in [1.82, 2.24) is 4.31 Å². The molecule has 0 aliphatic heterocycles. The van der Waals surface area contributed by atoms with Crippen molar-refractivity contribution < 1.29 is 13.2 Å². The van der Waals surface area contributed by atoms with E-state index in [1.165, 1.54) is 16.4 Å². The number of para-hydroxylation sites is 2. The lowest BCUT2D eigenvalue weighted by molar-refractivity contribution is 0.102. The van der Waals surface area contributed by atoms with Crippen molar-refractivity contribution in [2.24, 2.45) is 0 Å². The number of benzene rings is 2. The molecule has 1 amide bonds. The van der Waals surface area contributed by atoms with Crippen molar-refractivity contribution in [3.8, 4) is 0 Å². The molecule has 0 unspecified atom stereocenters. The van der Waals surface area contributed by atoms with E-state index < -0.39 is 15.9 Å². The van der Waals surface area contributed by atoms with E-state index in [0.717, 1.165) is 0 Å². The molecule has 7 heteroatoms. The molecule has 0 fully saturated rings. The van der Waals surface area contributed by atoms with Gasteiger partial charge in [-0.3, -0.25) is 4.79 Å². The van der Waals surface area contributed by atoms with Gasteiger partial charge in [0.25, 0.3) is 5.91 Å². The van der Waals surface area contributed by atoms with Crippen molar-refractivity contribution in [2.45, 2.75) is 25.7 Å². The van der Waals surface area contributed by atoms with Gasteiger partial charge in [-0.05, 0) is 36.8 Å². The first-order valence-electron chi connectivity index (χ1n) is 8.07. The summed E-state index contributed by atoms with van der Waals surface area (Å²) in [5.74, 6) is -0.396. The van der Waals surface area contributed by atoms with E-state index in [9.17, 15) is 13.2 Å². The van der Waals surface area contributed by atoms with E-state index in [0.29, 0.717) is 35.6 Å². The Balaban J connectivity index is 2.39. The van der Waals surface area contributed by atoms with Gasteiger partial charge in [0, 0.05) is 18.7 Å². The Bertz CT molecular complexity index is 875. The first kappa shape index (κ1) is 19.0. The number of nitrogens with one attached hydrogen (secondary N) is 1. The summed E-state index contributed by atoms with van der Waals surface area (Å²) >= 11 is 0. The van der Waals surface area contributed by atoms with Gasteiger partial charge >= 0.3 is 0 Å². The fourth-order valence-electron chi connectivity index (χ4n) is 2.52. The number of nitrogens with zero attached hydrogens (tertiary/aromatic N) is 1. The Morgan fingerprint density at radius 2 is 1.76 bits per heavy atom. The van der Waals surface area contributed by atoms with Gasteiger partial charge in [-0.1, -0.05) is 32.0 Å². The number of sulfonamides is 1. The summed E-state index contributed by atoms with van der Waals surface area (Å²) in [6.07, 6.45) is 0. The molecule has 0 spiro atoms. The Morgan fingerprint density at radius 3 is 2.36 bits per heavy atom. The lowest BCUT2D eigenvalue weighted by Gasteiger charge is -2.19. The van der Waals surface area contributed by atoms with Crippen LogP contribution in [0, 0.1) is 6.92 Å². The molecule has 0 saturated carbocycles. The number of anilines is 2. The Hall–Kier alpha value is -2.38. The molecule has 2 rings (SSSR count). The lowest BCUT2D eigenvalue weighted by atomic mass is 10.1. The number of carbonyl (C=O) groups is 1. The van der Waals surface area contributed by atoms with Crippen LogP contribution in [0.3, 0.4) is 0 Å². The van der Waals surface area contributed by atoms with Gasteiger partial charge in [-0.2, -0.15) is 4.31 Å². The van der Waals surface area contributed by atoms with E-state index in [1.807, 2.05) is 0 Å². The standard InChI is InChI=1S/C18H23N3O3S/c1-4-21(5-2)25(23,24)14-11-10-13(3)15(12-14)18(22)20-17-9-7-6-8-16(17)19/h6-12H,4-5,19H2,1-3H3,(H,20,22). The zero-order valence-electron chi connectivity index (χ0n) is 14.6. The summed E-state index contributed by atoms with van der Waals surface area (Å²) in [5.41, 5.74) is 7.77. The predicted molar refractivity (Wildman–Crippen MR) is 100 cm³/mol. The zero-order chi connectivity index (χ0) is 18.6. The number of aryl methyl sites for hydroxylation is 1. The number of rotatable bonds is 6. The number of amides is 1. The normalized spacial score (nSPS) is 11.5. The molecule has 0 radical (unpaired) electrons. The van der Waals surface area contributed by atoms with Gasteiger partial charge in [0.2, 0.25) is 10.0 Å². The highest BCUT2D eigenvalue weighted by Crippen LogP contribution is 2.22. The minimum absolute atomic E-state index is 0.105. The maximum atomic E-state index is 12.7. The van der Waals surface area contributed by atoms with Crippen molar-refractivity contribution in [1.29, 1.82) is 0 Å². The second kappa shape index (κ2) is 7.67. The number of nitrogen functional groups attached to an aromatic ring is 1. The third-order valence-corrected chi connectivity index (χ3v) is 6.05. The fraction of sp³-hybridized carbons (Fsp3) is 0.278. The summed E-state index contributed by atoms with van der Waals surface area (Å²) in [5, 5.41) is 2.73. The third-order valence-electron chi connectivity index (χ3n) is 4.01. The molecule has 134 valence electrons. The highest BCUT2D eigenvalue weighted by atomic mass is 32.2. The van der Waals surface area contributed by atoms with Crippen LogP contribution in [0.5, 0.6) is 0 Å². The van der Waals surface area contributed by atoms with E-state index in [4.69, 9.17) is 5.73 Å². The SMILES string of the molecule is CCN(CC)S(=O)(=O)c1ccc(C)c(C(=O)Nc2ccccc2N)c1. The average Bonchev–Trinajstić information content (AvgIpc) is 2.58. The molecule has 3 N–H and O–H groups in total. The number of carbonyl (C=O) groups excluding carboxylic acids is 1. The maximum Gasteiger partial charge on any atom is 0.256 e. The molecule has 0 aliphatic carbocycles. The van der Waals surface area contributed by atoms with Crippen LogP contribution < -0.4 is 11.1 Å². The van der Waals surface area contributed by atoms with Crippen LogP contribution in [0.2, 0.25) is 0 Å². The second-order valence-electron chi connectivity index (χ2n) is 5.61. The quantitative estimate of drug-likeness (QED) is 0.774. The van der Waals surface area contributed by atoms with Crippen LogP contribution in [0.4, 0.5) is 11.4 Å². The Kier molecular flexibility index (Phi) is 5.81. The molecule has 0 bridgehead atoms. The summed E-state index contributed by atoms with van der Waals surface area (Å²) in [6, 6.07) is 11.5. The van der Waals surface area contributed by atoms with Crippen molar-refractivity contribution in [3.05, 3.63) is 53.6 Å². The maximum absolute atomic E-state index is 12.7. The third kappa shape index (κ3) is 4.00. The molecule has 2 aromatic carbocycles. The lowest BCUT2D eigenvalue weighted by Crippen LogP contribution is -2.30. The molecular formula is C18H23N3O3S. The van der Waals surface area contributed by atoms with Gasteiger partial charge in [-0.15, -0.1) is 0 Å². The monoisotopic (exact) mass is 361 g/mol. The molecule has 6 nitrogen and oxygen atoms in total. The van der Waals surface area contributed by atoms with E-state index in [-0.39, 0.29) is 4.90 Å². The number of hydrogen-bond donors (Lipinski definition) is 2. The summed E-state index contributed by atoms with van der Waals surface area (Å²) in [7, 11) is -3.63. The molecule has 0 aliphatic rings. The molecule has 25 heavy (non-hydrogen) atoms. The molecule has 2 aromatic rings. The predicted octanol–water partition coefficient (Wildman–Crippen LogP) is 2.86. The van der Waals surface area contributed by atoms with Crippen LogP contribution in [0.25, 0.3) is 0 Å². The molecule has 0 aromatic heterocycles. The molecule has 0 saturated heterocycles. The zero-order valence-corrected chi connectivity index (χ0v) is 15.4. The molecule has 0 atom stereocenters. The first-order valence-corrected chi connectivity index (χ1v) is 9.51. The number of nitrogens with two attached hydrogens (primary N) is 1. The highest BCUT2D eigenvalue weighted by Gasteiger charge is 2.23.